The number of halogens is 1. The number of likely N-dealkylation sites (N-methyl/N-ethyl adjacent to an activating group) is 1. The van der Waals surface area contributed by atoms with Crippen molar-refractivity contribution in [1.29, 1.82) is 0 Å². The zero-order valence-electron chi connectivity index (χ0n) is 15.7. The Balaban J connectivity index is 2.06. The number of nitrogens with one attached hydrogen (secondary N) is 1. The van der Waals surface area contributed by atoms with Crippen LogP contribution >= 0.6 is 0 Å². The summed E-state index contributed by atoms with van der Waals surface area (Å²) in [6, 6.07) is 6.01. The van der Waals surface area contributed by atoms with E-state index in [1.165, 1.54) is 21.9 Å². The Bertz CT molecular complexity index is 700. The van der Waals surface area contributed by atoms with Crippen molar-refractivity contribution in [2.45, 2.75) is 39.7 Å². The van der Waals surface area contributed by atoms with E-state index in [0.717, 1.165) is 0 Å². The molecule has 0 unspecified atom stereocenters. The molecule has 7 heteroatoms. The number of anilines is 1. The van der Waals surface area contributed by atoms with E-state index in [1.807, 2.05) is 20.8 Å². The molecule has 1 saturated heterocycles. The summed E-state index contributed by atoms with van der Waals surface area (Å²) in [6.07, 6.45) is 0.0184. The number of carbonyl (C=O) groups is 3. The van der Waals surface area contributed by atoms with E-state index in [1.54, 1.807) is 19.1 Å². The number of hydrogen-bond donors (Lipinski definition) is 1. The molecule has 0 aliphatic carbocycles. The number of carbonyl (C=O) groups excluding carboxylic acids is 3. The highest BCUT2D eigenvalue weighted by Crippen LogP contribution is 2.28. The van der Waals surface area contributed by atoms with Gasteiger partial charge >= 0.3 is 0 Å². The summed E-state index contributed by atoms with van der Waals surface area (Å²) in [5, 5.41) is 2.82. The maximum absolute atomic E-state index is 14.0. The highest BCUT2D eigenvalue weighted by molar-refractivity contribution is 6.00. The first-order chi connectivity index (χ1) is 12.1. The molecule has 0 saturated carbocycles. The van der Waals surface area contributed by atoms with Gasteiger partial charge in [0.05, 0.1) is 18.2 Å². The minimum atomic E-state index is -0.579. The van der Waals surface area contributed by atoms with Crippen molar-refractivity contribution in [2.24, 2.45) is 5.92 Å². The molecule has 0 spiro atoms. The molecule has 1 aliphatic heterocycles. The second-order valence-electron chi connectivity index (χ2n) is 7.51. The summed E-state index contributed by atoms with van der Waals surface area (Å²) >= 11 is 0. The molecule has 0 radical (unpaired) electrons. The fourth-order valence-corrected chi connectivity index (χ4v) is 3.01. The lowest BCUT2D eigenvalue weighted by atomic mass is 10.1. The average Bonchev–Trinajstić information content (AvgIpc) is 2.92. The Morgan fingerprint density at radius 1 is 1.31 bits per heavy atom. The minimum absolute atomic E-state index is 0.0184. The monoisotopic (exact) mass is 363 g/mol. The Morgan fingerprint density at radius 2 is 1.96 bits per heavy atom. The van der Waals surface area contributed by atoms with Crippen LogP contribution in [0.3, 0.4) is 0 Å². The SMILES string of the molecule is CCN(CC(=O)NC(C)(C)C)C(=O)[C@@H]1CC(=O)N(c2ccccc2F)C1. The van der Waals surface area contributed by atoms with Gasteiger partial charge in [0.2, 0.25) is 17.7 Å². The van der Waals surface area contributed by atoms with E-state index in [4.69, 9.17) is 0 Å². The van der Waals surface area contributed by atoms with Crippen molar-refractivity contribution in [3.8, 4) is 0 Å². The van der Waals surface area contributed by atoms with Gasteiger partial charge < -0.3 is 15.1 Å². The largest absolute Gasteiger partial charge is 0.350 e. The summed E-state index contributed by atoms with van der Waals surface area (Å²) in [5.41, 5.74) is -0.203. The van der Waals surface area contributed by atoms with Crippen LogP contribution in [0.4, 0.5) is 10.1 Å². The number of amides is 3. The topological polar surface area (TPSA) is 69.7 Å². The third kappa shape index (κ3) is 4.80. The van der Waals surface area contributed by atoms with E-state index >= 15 is 0 Å². The molecule has 1 aliphatic rings. The van der Waals surface area contributed by atoms with Crippen LogP contribution in [0.2, 0.25) is 0 Å². The van der Waals surface area contributed by atoms with Crippen molar-refractivity contribution in [1.82, 2.24) is 10.2 Å². The molecule has 3 amide bonds. The lowest BCUT2D eigenvalue weighted by Crippen LogP contribution is -2.48. The molecule has 1 atom stereocenters. The molecule has 1 fully saturated rings. The van der Waals surface area contributed by atoms with Crippen LogP contribution in [0, 0.1) is 11.7 Å². The first-order valence-corrected chi connectivity index (χ1v) is 8.77. The van der Waals surface area contributed by atoms with Crippen LogP contribution in [-0.4, -0.2) is 47.8 Å². The number of hydrogen-bond acceptors (Lipinski definition) is 3. The Morgan fingerprint density at radius 3 is 2.54 bits per heavy atom. The zero-order valence-corrected chi connectivity index (χ0v) is 15.7. The number of rotatable bonds is 5. The predicted molar refractivity (Wildman–Crippen MR) is 97.0 cm³/mol. The minimum Gasteiger partial charge on any atom is -0.350 e. The van der Waals surface area contributed by atoms with Gasteiger partial charge in [0.25, 0.3) is 0 Å². The third-order valence-corrected chi connectivity index (χ3v) is 4.16. The molecule has 142 valence electrons. The van der Waals surface area contributed by atoms with Gasteiger partial charge in [-0.3, -0.25) is 14.4 Å². The molecule has 1 aromatic rings. The molecule has 0 aromatic heterocycles. The van der Waals surface area contributed by atoms with Crippen LogP contribution in [0.5, 0.6) is 0 Å². The Hall–Kier alpha value is -2.44. The Kier molecular flexibility index (Phi) is 6.00. The summed E-state index contributed by atoms with van der Waals surface area (Å²) < 4.78 is 14.0. The second kappa shape index (κ2) is 7.85. The van der Waals surface area contributed by atoms with E-state index < -0.39 is 11.7 Å². The smallest absolute Gasteiger partial charge is 0.240 e. The van der Waals surface area contributed by atoms with Gasteiger partial charge in [-0.15, -0.1) is 0 Å². The first kappa shape index (κ1) is 19.9. The van der Waals surface area contributed by atoms with Gasteiger partial charge in [0.15, 0.2) is 0 Å². The predicted octanol–water partition coefficient (Wildman–Crippen LogP) is 1.94. The van der Waals surface area contributed by atoms with E-state index in [0.29, 0.717) is 6.54 Å². The number of benzene rings is 1. The molecule has 1 N–H and O–H groups in total. The average molecular weight is 363 g/mol. The highest BCUT2D eigenvalue weighted by Gasteiger charge is 2.38. The van der Waals surface area contributed by atoms with Gasteiger partial charge in [0.1, 0.15) is 5.82 Å². The molecule has 6 nitrogen and oxygen atoms in total. The summed E-state index contributed by atoms with van der Waals surface area (Å²) in [4.78, 5) is 39.9. The zero-order chi connectivity index (χ0) is 19.5. The summed E-state index contributed by atoms with van der Waals surface area (Å²) in [7, 11) is 0. The van der Waals surface area contributed by atoms with Gasteiger partial charge in [-0.05, 0) is 39.8 Å². The van der Waals surface area contributed by atoms with Crippen LogP contribution in [0.15, 0.2) is 24.3 Å². The summed E-state index contributed by atoms with van der Waals surface area (Å²) in [5.74, 6) is -1.87. The van der Waals surface area contributed by atoms with Gasteiger partial charge in [-0.1, -0.05) is 12.1 Å². The maximum Gasteiger partial charge on any atom is 0.240 e. The standard InChI is InChI=1S/C19H26FN3O3/c1-5-22(12-16(24)21-19(2,3)4)18(26)13-10-17(25)23(11-13)15-9-7-6-8-14(15)20/h6-9,13H,5,10-12H2,1-4H3,(H,21,24)/t13-/m1/s1. The van der Waals surface area contributed by atoms with Crippen molar-refractivity contribution < 1.29 is 18.8 Å². The molecular weight excluding hydrogens is 337 g/mol. The van der Waals surface area contributed by atoms with Crippen molar-refractivity contribution in [3.05, 3.63) is 30.1 Å². The lowest BCUT2D eigenvalue weighted by Gasteiger charge is -2.26. The van der Waals surface area contributed by atoms with Gasteiger partial charge in [-0.2, -0.15) is 0 Å². The molecule has 2 rings (SSSR count). The third-order valence-electron chi connectivity index (χ3n) is 4.16. The van der Waals surface area contributed by atoms with Crippen LogP contribution in [-0.2, 0) is 14.4 Å². The first-order valence-electron chi connectivity index (χ1n) is 8.77. The number of para-hydroxylation sites is 1. The fraction of sp³-hybridized carbons (Fsp3) is 0.526. The van der Waals surface area contributed by atoms with Crippen LogP contribution in [0.25, 0.3) is 0 Å². The van der Waals surface area contributed by atoms with E-state index in [-0.39, 0.29) is 48.5 Å². The van der Waals surface area contributed by atoms with E-state index in [2.05, 4.69) is 5.32 Å². The fourth-order valence-electron chi connectivity index (χ4n) is 3.01. The summed E-state index contributed by atoms with van der Waals surface area (Å²) in [6.45, 7) is 7.81. The molecule has 1 heterocycles. The van der Waals surface area contributed by atoms with Crippen LogP contribution in [0.1, 0.15) is 34.1 Å². The van der Waals surface area contributed by atoms with Crippen molar-refractivity contribution in [3.63, 3.8) is 0 Å². The quantitative estimate of drug-likeness (QED) is 0.869. The normalized spacial score (nSPS) is 17.3. The second-order valence-corrected chi connectivity index (χ2v) is 7.51. The number of nitrogens with zero attached hydrogens (tertiary/aromatic N) is 2. The van der Waals surface area contributed by atoms with Crippen molar-refractivity contribution >= 4 is 23.4 Å². The maximum atomic E-state index is 14.0. The molecule has 0 bridgehead atoms. The Labute approximate surface area is 153 Å². The van der Waals surface area contributed by atoms with Gasteiger partial charge in [-0.25, -0.2) is 4.39 Å². The highest BCUT2D eigenvalue weighted by atomic mass is 19.1. The molecular formula is C19H26FN3O3. The van der Waals surface area contributed by atoms with Crippen LogP contribution < -0.4 is 10.2 Å². The van der Waals surface area contributed by atoms with Crippen molar-refractivity contribution in [2.75, 3.05) is 24.5 Å². The molecule has 26 heavy (non-hydrogen) atoms. The van der Waals surface area contributed by atoms with E-state index in [9.17, 15) is 18.8 Å². The lowest BCUT2D eigenvalue weighted by molar-refractivity contribution is -0.139. The molecule has 1 aromatic carbocycles. The van der Waals surface area contributed by atoms with Gasteiger partial charge in [0, 0.05) is 25.0 Å².